The minimum atomic E-state index is -4.48. The molecule has 23 heavy (non-hydrogen) atoms. The number of benzene rings is 2. The molecule has 0 saturated heterocycles. The van der Waals surface area contributed by atoms with E-state index in [1.54, 1.807) is 36.4 Å². The fourth-order valence-electron chi connectivity index (χ4n) is 2.48. The van der Waals surface area contributed by atoms with E-state index in [9.17, 15) is 9.46 Å². The molecule has 0 fully saturated rings. The molecule has 1 unspecified atom stereocenters. The van der Waals surface area contributed by atoms with E-state index in [1.165, 1.54) is 0 Å². The second-order valence-corrected chi connectivity index (χ2v) is 6.60. The van der Waals surface area contributed by atoms with E-state index in [-0.39, 0.29) is 5.75 Å². The van der Waals surface area contributed by atoms with Crippen molar-refractivity contribution >= 4 is 7.82 Å². The van der Waals surface area contributed by atoms with Gasteiger partial charge in [0.2, 0.25) is 0 Å². The lowest BCUT2D eigenvalue weighted by atomic mass is 9.99. The zero-order valence-corrected chi connectivity index (χ0v) is 14.4. The summed E-state index contributed by atoms with van der Waals surface area (Å²) in [6.07, 6.45) is 3.58. The summed E-state index contributed by atoms with van der Waals surface area (Å²) in [6.45, 7) is 4.16. The van der Waals surface area contributed by atoms with Crippen LogP contribution in [0.1, 0.15) is 37.8 Å². The second kappa shape index (κ2) is 8.19. The lowest BCUT2D eigenvalue weighted by Gasteiger charge is -2.25. The highest BCUT2D eigenvalue weighted by Gasteiger charge is 2.17. The molecule has 0 heterocycles. The SMILES string of the molecule is CCCc1cccc(OP(=O)([O-])Oc2ccccc2)c1CCC. The maximum atomic E-state index is 12.2. The molecule has 0 aliphatic rings. The Morgan fingerprint density at radius 2 is 1.61 bits per heavy atom. The smallest absolute Gasteiger partial charge is 0.372 e. The maximum absolute atomic E-state index is 12.2. The van der Waals surface area contributed by atoms with Crippen molar-refractivity contribution in [1.29, 1.82) is 0 Å². The summed E-state index contributed by atoms with van der Waals surface area (Å²) in [4.78, 5) is 12.2. The van der Waals surface area contributed by atoms with Crippen molar-refractivity contribution in [2.24, 2.45) is 0 Å². The summed E-state index contributed by atoms with van der Waals surface area (Å²) < 4.78 is 22.4. The fourth-order valence-corrected chi connectivity index (χ4v) is 3.31. The zero-order valence-electron chi connectivity index (χ0n) is 13.5. The molecule has 0 aromatic heterocycles. The van der Waals surface area contributed by atoms with E-state index in [0.717, 1.165) is 36.8 Å². The average Bonchev–Trinajstić information content (AvgIpc) is 2.51. The first-order chi connectivity index (χ1) is 11.1. The topological polar surface area (TPSA) is 58.6 Å². The second-order valence-electron chi connectivity index (χ2n) is 5.34. The van der Waals surface area contributed by atoms with Gasteiger partial charge >= 0.3 is 7.82 Å². The van der Waals surface area contributed by atoms with E-state index in [2.05, 4.69) is 13.8 Å². The van der Waals surface area contributed by atoms with Crippen molar-refractivity contribution in [2.75, 3.05) is 0 Å². The number of aryl methyl sites for hydroxylation is 1. The standard InChI is InChI=1S/C18H23O4P/c1-3-9-15-11-8-14-18(17(15)10-4-2)22-23(19,20)21-16-12-6-5-7-13-16/h5-8,11-14H,3-4,9-10H2,1-2H3,(H,19,20)/p-1. The number of phosphoric ester groups is 1. The Labute approximate surface area is 137 Å². The van der Waals surface area contributed by atoms with Crippen molar-refractivity contribution in [3.05, 3.63) is 59.7 Å². The first-order valence-corrected chi connectivity index (χ1v) is 9.38. The molecule has 1 atom stereocenters. The first kappa shape index (κ1) is 17.6. The number of para-hydroxylation sites is 1. The molecule has 2 aromatic rings. The van der Waals surface area contributed by atoms with Crippen molar-refractivity contribution in [2.45, 2.75) is 39.5 Å². The van der Waals surface area contributed by atoms with Gasteiger partial charge in [0.05, 0.1) is 0 Å². The largest absolute Gasteiger partial charge is 0.736 e. The summed E-state index contributed by atoms with van der Waals surface area (Å²) in [5, 5.41) is 0. The van der Waals surface area contributed by atoms with Gasteiger partial charge in [0.1, 0.15) is 11.5 Å². The zero-order chi connectivity index (χ0) is 16.7. The van der Waals surface area contributed by atoms with Gasteiger partial charge in [0, 0.05) is 0 Å². The highest BCUT2D eigenvalue weighted by atomic mass is 31.2. The van der Waals surface area contributed by atoms with Gasteiger partial charge in [0.15, 0.2) is 0 Å². The minimum Gasteiger partial charge on any atom is -0.736 e. The highest BCUT2D eigenvalue weighted by molar-refractivity contribution is 7.46. The molecule has 0 saturated carbocycles. The van der Waals surface area contributed by atoms with Crippen LogP contribution in [0.15, 0.2) is 48.5 Å². The Bertz CT molecular complexity index is 670. The summed E-state index contributed by atoms with van der Waals surface area (Å²) in [7, 11) is -4.48. The third-order valence-electron chi connectivity index (χ3n) is 3.42. The number of phosphoric acid groups is 1. The van der Waals surface area contributed by atoms with E-state index in [4.69, 9.17) is 9.05 Å². The highest BCUT2D eigenvalue weighted by Crippen LogP contribution is 2.42. The van der Waals surface area contributed by atoms with E-state index < -0.39 is 7.82 Å². The first-order valence-electron chi connectivity index (χ1n) is 7.91. The van der Waals surface area contributed by atoms with E-state index in [0.29, 0.717) is 5.75 Å². The van der Waals surface area contributed by atoms with Crippen molar-refractivity contribution < 1.29 is 18.5 Å². The lowest BCUT2D eigenvalue weighted by Crippen LogP contribution is -2.14. The molecular formula is C18H22O4P-. The van der Waals surface area contributed by atoms with Gasteiger partial charge < -0.3 is 13.9 Å². The van der Waals surface area contributed by atoms with Gasteiger partial charge in [-0.3, -0.25) is 0 Å². The van der Waals surface area contributed by atoms with Crippen LogP contribution in [0.5, 0.6) is 11.5 Å². The fraction of sp³-hybridized carbons (Fsp3) is 0.333. The molecule has 0 aliphatic heterocycles. The molecule has 0 spiro atoms. The average molecular weight is 333 g/mol. The monoisotopic (exact) mass is 333 g/mol. The summed E-state index contributed by atoms with van der Waals surface area (Å²) in [6, 6.07) is 13.9. The normalized spacial score (nSPS) is 13.3. The van der Waals surface area contributed by atoms with Crippen LogP contribution in [0.25, 0.3) is 0 Å². The van der Waals surface area contributed by atoms with Gasteiger partial charge in [-0.05, 0) is 42.2 Å². The van der Waals surface area contributed by atoms with Crippen molar-refractivity contribution in [3.8, 4) is 11.5 Å². The molecule has 0 bridgehead atoms. The third kappa shape index (κ3) is 5.12. The van der Waals surface area contributed by atoms with Crippen LogP contribution in [0, 0.1) is 0 Å². The maximum Gasteiger partial charge on any atom is 0.372 e. The van der Waals surface area contributed by atoms with Gasteiger partial charge in [-0.1, -0.05) is 57.0 Å². The Morgan fingerprint density at radius 3 is 2.26 bits per heavy atom. The van der Waals surface area contributed by atoms with Crippen LogP contribution in [0.4, 0.5) is 0 Å². The summed E-state index contributed by atoms with van der Waals surface area (Å²) >= 11 is 0. The molecule has 0 radical (unpaired) electrons. The van der Waals surface area contributed by atoms with Crippen LogP contribution in [-0.2, 0) is 17.4 Å². The summed E-state index contributed by atoms with van der Waals surface area (Å²) in [5.74, 6) is 0.611. The Morgan fingerprint density at radius 1 is 0.913 bits per heavy atom. The van der Waals surface area contributed by atoms with Crippen LogP contribution >= 0.6 is 7.82 Å². The van der Waals surface area contributed by atoms with Gasteiger partial charge in [-0.25, -0.2) is 4.57 Å². The third-order valence-corrected chi connectivity index (χ3v) is 4.27. The minimum absolute atomic E-state index is 0.243. The number of hydrogen-bond donors (Lipinski definition) is 0. The predicted molar refractivity (Wildman–Crippen MR) is 89.7 cm³/mol. The molecule has 0 amide bonds. The molecule has 4 nitrogen and oxygen atoms in total. The van der Waals surface area contributed by atoms with Crippen molar-refractivity contribution in [1.82, 2.24) is 0 Å². The van der Waals surface area contributed by atoms with Gasteiger partial charge in [0.25, 0.3) is 0 Å². The van der Waals surface area contributed by atoms with E-state index in [1.807, 2.05) is 12.1 Å². The van der Waals surface area contributed by atoms with Gasteiger partial charge in [-0.15, -0.1) is 0 Å². The van der Waals surface area contributed by atoms with Crippen molar-refractivity contribution in [3.63, 3.8) is 0 Å². The molecule has 124 valence electrons. The molecular weight excluding hydrogens is 311 g/mol. The van der Waals surface area contributed by atoms with E-state index >= 15 is 0 Å². The van der Waals surface area contributed by atoms with Crippen LogP contribution < -0.4 is 13.9 Å². The molecule has 0 N–H and O–H groups in total. The Balaban J connectivity index is 2.24. The quantitative estimate of drug-likeness (QED) is 0.667. The molecule has 0 aliphatic carbocycles. The molecule has 2 aromatic carbocycles. The Hall–Kier alpha value is -1.77. The Kier molecular flexibility index (Phi) is 6.26. The molecule has 2 rings (SSSR count). The summed E-state index contributed by atoms with van der Waals surface area (Å²) in [5.41, 5.74) is 2.08. The van der Waals surface area contributed by atoms with Gasteiger partial charge in [-0.2, -0.15) is 0 Å². The van der Waals surface area contributed by atoms with Crippen LogP contribution in [-0.4, -0.2) is 0 Å². The molecule has 5 heteroatoms. The van der Waals surface area contributed by atoms with Crippen LogP contribution in [0.2, 0.25) is 0 Å². The number of hydrogen-bond acceptors (Lipinski definition) is 4. The number of rotatable bonds is 8. The predicted octanol–water partition coefficient (Wildman–Crippen LogP) is 4.52. The lowest BCUT2D eigenvalue weighted by molar-refractivity contribution is -0.208. The van der Waals surface area contributed by atoms with Crippen LogP contribution in [0.3, 0.4) is 0 Å².